The fourth-order valence-corrected chi connectivity index (χ4v) is 3.11. The summed E-state index contributed by atoms with van der Waals surface area (Å²) in [7, 11) is 0. The first-order chi connectivity index (χ1) is 10.5. The van der Waals surface area contributed by atoms with Crippen molar-refractivity contribution >= 4 is 15.9 Å². The van der Waals surface area contributed by atoms with Crippen molar-refractivity contribution in [1.82, 2.24) is 0 Å². The second kappa shape index (κ2) is 7.47. The quantitative estimate of drug-likeness (QED) is 0.692. The average molecular weight is 376 g/mol. The van der Waals surface area contributed by atoms with Gasteiger partial charge in [0.1, 0.15) is 0 Å². The zero-order chi connectivity index (χ0) is 16.2. The van der Waals surface area contributed by atoms with E-state index < -0.39 is 11.7 Å². The molecule has 0 saturated heterocycles. The number of hydrogen-bond acceptors (Lipinski definition) is 2. The summed E-state index contributed by atoms with van der Waals surface area (Å²) in [6.45, 7) is 0.657. The van der Waals surface area contributed by atoms with Crippen LogP contribution in [0.5, 0.6) is 0 Å². The van der Waals surface area contributed by atoms with Crippen molar-refractivity contribution in [3.8, 4) is 6.07 Å². The molecule has 2 rings (SSSR count). The Balaban J connectivity index is 2.10. The van der Waals surface area contributed by atoms with Crippen molar-refractivity contribution in [3.63, 3.8) is 0 Å². The van der Waals surface area contributed by atoms with Crippen LogP contribution in [0, 0.1) is 11.3 Å². The Morgan fingerprint density at radius 1 is 1.23 bits per heavy atom. The molecule has 0 amide bonds. The maximum Gasteiger partial charge on any atom is 0.417 e. The second-order valence-electron chi connectivity index (χ2n) is 5.45. The summed E-state index contributed by atoms with van der Waals surface area (Å²) in [5.74, 6) is 0.109. The number of benzene rings is 1. The Morgan fingerprint density at radius 3 is 2.45 bits per heavy atom. The molecule has 0 radical (unpaired) electrons. The molecule has 1 fully saturated rings. The van der Waals surface area contributed by atoms with E-state index in [0.717, 1.165) is 37.1 Å². The van der Waals surface area contributed by atoms with Gasteiger partial charge in [0, 0.05) is 5.33 Å². The fraction of sp³-hybridized carbons (Fsp3) is 0.562. The number of halogens is 4. The molecule has 22 heavy (non-hydrogen) atoms. The lowest BCUT2D eigenvalue weighted by atomic mass is 9.82. The summed E-state index contributed by atoms with van der Waals surface area (Å²) in [5, 5.41) is 9.62. The van der Waals surface area contributed by atoms with Crippen LogP contribution in [-0.4, -0.2) is 18.0 Å². The van der Waals surface area contributed by atoms with Gasteiger partial charge in [-0.05, 0) is 49.3 Å². The first kappa shape index (κ1) is 17.3. The highest BCUT2D eigenvalue weighted by molar-refractivity contribution is 9.09. The molecule has 0 atom stereocenters. The molecule has 0 unspecified atom stereocenters. The lowest BCUT2D eigenvalue weighted by Crippen LogP contribution is -2.22. The number of nitrogens with zero attached hydrogens (tertiary/aromatic N) is 1. The topological polar surface area (TPSA) is 33.0 Å². The third-order valence-corrected chi connectivity index (χ3v) is 4.37. The largest absolute Gasteiger partial charge is 0.417 e. The normalized spacial score (nSPS) is 22.3. The monoisotopic (exact) mass is 375 g/mol. The predicted octanol–water partition coefficient (Wildman–Crippen LogP) is 5.01. The summed E-state index contributed by atoms with van der Waals surface area (Å²) in [5.41, 5.74) is -0.471. The molecule has 0 aliphatic heterocycles. The van der Waals surface area contributed by atoms with Gasteiger partial charge in [-0.3, -0.25) is 0 Å². The van der Waals surface area contributed by atoms with E-state index in [-0.39, 0.29) is 17.6 Å². The van der Waals surface area contributed by atoms with Crippen LogP contribution in [0.4, 0.5) is 13.2 Å². The molecule has 0 spiro atoms. The minimum atomic E-state index is -4.49. The van der Waals surface area contributed by atoms with Crippen LogP contribution in [0.2, 0.25) is 0 Å². The van der Waals surface area contributed by atoms with Crippen molar-refractivity contribution in [3.05, 3.63) is 34.9 Å². The zero-order valence-electron chi connectivity index (χ0n) is 12.0. The average Bonchev–Trinajstić information content (AvgIpc) is 2.52. The number of nitriles is 1. The number of ether oxygens (including phenoxy) is 1. The van der Waals surface area contributed by atoms with E-state index >= 15 is 0 Å². The van der Waals surface area contributed by atoms with E-state index in [1.807, 2.05) is 0 Å². The summed E-state index contributed by atoms with van der Waals surface area (Å²) < 4.78 is 44.7. The van der Waals surface area contributed by atoms with Crippen LogP contribution in [0.25, 0.3) is 0 Å². The predicted molar refractivity (Wildman–Crippen MR) is 80.9 cm³/mol. The third kappa shape index (κ3) is 4.23. The molecule has 1 aliphatic carbocycles. The van der Waals surface area contributed by atoms with Gasteiger partial charge in [-0.1, -0.05) is 22.0 Å². The van der Waals surface area contributed by atoms with E-state index in [4.69, 9.17) is 10.00 Å². The van der Waals surface area contributed by atoms with Crippen LogP contribution in [-0.2, 0) is 10.9 Å². The van der Waals surface area contributed by atoms with Gasteiger partial charge in [0.2, 0.25) is 0 Å². The van der Waals surface area contributed by atoms with Crippen molar-refractivity contribution < 1.29 is 17.9 Å². The van der Waals surface area contributed by atoms with Crippen LogP contribution in [0.1, 0.15) is 48.3 Å². The first-order valence-corrected chi connectivity index (χ1v) is 8.36. The van der Waals surface area contributed by atoms with Crippen molar-refractivity contribution in [1.29, 1.82) is 5.26 Å². The van der Waals surface area contributed by atoms with E-state index in [2.05, 4.69) is 15.9 Å². The minimum Gasteiger partial charge on any atom is -0.377 e. The number of rotatable bonds is 4. The van der Waals surface area contributed by atoms with Gasteiger partial charge in [0.15, 0.2) is 0 Å². The van der Waals surface area contributed by atoms with Crippen molar-refractivity contribution in [2.75, 3.05) is 11.9 Å². The molecular weight excluding hydrogens is 359 g/mol. The second-order valence-corrected chi connectivity index (χ2v) is 6.24. The molecule has 2 nitrogen and oxygen atoms in total. The van der Waals surface area contributed by atoms with Crippen molar-refractivity contribution in [2.24, 2.45) is 0 Å². The van der Waals surface area contributed by atoms with Crippen LogP contribution in [0.15, 0.2) is 18.2 Å². The molecule has 0 N–H and O–H groups in total. The van der Waals surface area contributed by atoms with Gasteiger partial charge < -0.3 is 4.74 Å². The van der Waals surface area contributed by atoms with Gasteiger partial charge in [-0.15, -0.1) is 0 Å². The Labute approximate surface area is 136 Å². The SMILES string of the molecule is N#Cc1ccc(C2CCC(OCCBr)CC2)cc1C(F)(F)F. The minimum absolute atomic E-state index is 0.109. The molecule has 0 aromatic heterocycles. The van der Waals surface area contributed by atoms with E-state index in [1.54, 1.807) is 12.1 Å². The zero-order valence-corrected chi connectivity index (χ0v) is 13.6. The summed E-state index contributed by atoms with van der Waals surface area (Å²) in [4.78, 5) is 0. The lowest BCUT2D eigenvalue weighted by Gasteiger charge is -2.29. The Morgan fingerprint density at radius 2 is 1.91 bits per heavy atom. The molecule has 0 bridgehead atoms. The molecule has 0 heterocycles. The Bertz CT molecular complexity index is 545. The van der Waals surface area contributed by atoms with Gasteiger partial charge in [-0.25, -0.2) is 0 Å². The van der Waals surface area contributed by atoms with Crippen LogP contribution in [0.3, 0.4) is 0 Å². The van der Waals surface area contributed by atoms with Crippen LogP contribution >= 0.6 is 15.9 Å². The van der Waals surface area contributed by atoms with Gasteiger partial charge in [-0.2, -0.15) is 18.4 Å². The summed E-state index contributed by atoms with van der Waals surface area (Å²) >= 11 is 3.31. The molecule has 1 aliphatic rings. The highest BCUT2D eigenvalue weighted by atomic mass is 79.9. The molecule has 120 valence electrons. The van der Waals surface area contributed by atoms with E-state index in [0.29, 0.717) is 12.2 Å². The van der Waals surface area contributed by atoms with Crippen LogP contribution < -0.4 is 0 Å². The molecule has 1 saturated carbocycles. The van der Waals surface area contributed by atoms with Crippen molar-refractivity contribution in [2.45, 2.75) is 43.9 Å². The highest BCUT2D eigenvalue weighted by Gasteiger charge is 2.34. The maximum atomic E-state index is 13.0. The fourth-order valence-electron chi connectivity index (χ4n) is 2.92. The standard InChI is InChI=1S/C16H17BrF3NO/c17-7-8-22-14-5-3-11(4-6-14)12-1-2-13(10-21)15(9-12)16(18,19)20/h1-2,9,11,14H,3-8H2. The molecule has 1 aromatic carbocycles. The molecule has 1 aromatic rings. The third-order valence-electron chi connectivity index (χ3n) is 4.05. The molecular formula is C16H17BrF3NO. The van der Waals surface area contributed by atoms with E-state index in [9.17, 15) is 13.2 Å². The number of hydrogen-bond donors (Lipinski definition) is 0. The summed E-state index contributed by atoms with van der Waals surface area (Å²) in [6.07, 6.45) is -0.934. The summed E-state index contributed by atoms with van der Waals surface area (Å²) in [6, 6.07) is 5.69. The number of alkyl halides is 4. The highest BCUT2D eigenvalue weighted by Crippen LogP contribution is 2.38. The van der Waals surface area contributed by atoms with E-state index in [1.165, 1.54) is 6.07 Å². The van der Waals surface area contributed by atoms with Gasteiger partial charge in [0.25, 0.3) is 0 Å². The van der Waals surface area contributed by atoms with Gasteiger partial charge in [0.05, 0.1) is 29.9 Å². The Hall–Kier alpha value is -1.06. The Kier molecular flexibility index (Phi) is 5.87. The van der Waals surface area contributed by atoms with Gasteiger partial charge >= 0.3 is 6.18 Å². The lowest BCUT2D eigenvalue weighted by molar-refractivity contribution is -0.137. The smallest absolute Gasteiger partial charge is 0.377 e. The maximum absolute atomic E-state index is 13.0. The first-order valence-electron chi connectivity index (χ1n) is 7.24. The molecule has 6 heteroatoms.